The highest BCUT2D eigenvalue weighted by Crippen LogP contribution is 2.39. The van der Waals surface area contributed by atoms with E-state index in [9.17, 15) is 33.4 Å². The maximum atomic E-state index is 14.9. The lowest BCUT2D eigenvalue weighted by Gasteiger charge is -2.41. The van der Waals surface area contributed by atoms with Crippen molar-refractivity contribution in [3.63, 3.8) is 0 Å². The highest BCUT2D eigenvalue weighted by Gasteiger charge is 2.63. The smallest absolute Gasteiger partial charge is 0.334 e. The van der Waals surface area contributed by atoms with Gasteiger partial charge in [-0.2, -0.15) is 8.78 Å². The van der Waals surface area contributed by atoms with Crippen LogP contribution >= 0.6 is 0 Å². The minimum absolute atomic E-state index is 0.333. The molecule has 0 spiro atoms. The Balaban J connectivity index is 1.67. The Morgan fingerprint density at radius 3 is 2.11 bits per heavy atom. The van der Waals surface area contributed by atoms with Gasteiger partial charge in [0, 0.05) is 12.6 Å². The van der Waals surface area contributed by atoms with Gasteiger partial charge in [0.15, 0.2) is 11.9 Å². The van der Waals surface area contributed by atoms with Crippen LogP contribution in [0.1, 0.15) is 11.1 Å². The molecule has 38 heavy (non-hydrogen) atoms. The van der Waals surface area contributed by atoms with Crippen LogP contribution in [0.15, 0.2) is 72.8 Å². The molecule has 198 valence electrons. The monoisotopic (exact) mass is 525 g/mol. The molecule has 2 aliphatic rings. The molecule has 11 heteroatoms. The van der Waals surface area contributed by atoms with Crippen molar-refractivity contribution >= 4 is 35.7 Å². The number of allylic oxidation sites excluding steroid dienone is 1. The number of nitrogens with one attached hydrogen (secondary N) is 1. The zero-order valence-corrected chi connectivity index (χ0v) is 20.0. The second-order valence-corrected chi connectivity index (χ2v) is 8.77. The maximum absolute atomic E-state index is 14.9. The Labute approximate surface area is 216 Å². The summed E-state index contributed by atoms with van der Waals surface area (Å²) in [6.07, 6.45) is -1.53. The summed E-state index contributed by atoms with van der Waals surface area (Å²) in [6, 6.07) is 16.0. The standard InChI is InChI=1S/C27H25F2N3O6/c28-27(29)23(36)21(16-33)38-25(27)31-15-19(20(34)13-11-17-7-3-1-4-8-17)24(30)32(26(31)37)22(35)14-12-18-9-5-2-6-10-18/h1-14,19,21,23,25,30,33,36H,15-16H2/t19?,21-,23-,25-/m1/s1. The van der Waals surface area contributed by atoms with Gasteiger partial charge in [-0.15, -0.1) is 0 Å². The van der Waals surface area contributed by atoms with Crippen LogP contribution < -0.4 is 0 Å². The number of carbonyl (C=O) groups excluding carboxylic acids is 3. The van der Waals surface area contributed by atoms with E-state index in [0.717, 1.165) is 12.2 Å². The number of imide groups is 1. The number of nitrogens with zero attached hydrogens (tertiary/aromatic N) is 2. The van der Waals surface area contributed by atoms with Crippen LogP contribution in [-0.4, -0.2) is 81.1 Å². The summed E-state index contributed by atoms with van der Waals surface area (Å²) in [6.45, 7) is -1.65. The lowest BCUT2D eigenvalue weighted by molar-refractivity contribution is -0.160. The zero-order valence-electron chi connectivity index (χ0n) is 20.0. The van der Waals surface area contributed by atoms with E-state index in [0.29, 0.717) is 20.9 Å². The summed E-state index contributed by atoms with van der Waals surface area (Å²) in [7, 11) is 0. The normalized spacial score (nSPS) is 25.5. The number of ether oxygens (including phenoxy) is 1. The predicted octanol–water partition coefficient (Wildman–Crippen LogP) is 2.55. The van der Waals surface area contributed by atoms with E-state index in [4.69, 9.17) is 10.1 Å². The van der Waals surface area contributed by atoms with E-state index in [-0.39, 0.29) is 0 Å². The Kier molecular flexibility index (Phi) is 7.91. The number of ketones is 1. The van der Waals surface area contributed by atoms with Crippen molar-refractivity contribution < 1.29 is 38.1 Å². The fourth-order valence-corrected chi connectivity index (χ4v) is 4.20. The second-order valence-electron chi connectivity index (χ2n) is 8.77. The van der Waals surface area contributed by atoms with Crippen molar-refractivity contribution in [3.05, 3.63) is 83.9 Å². The largest absolute Gasteiger partial charge is 0.394 e. The molecular weight excluding hydrogens is 500 g/mol. The first-order valence-electron chi connectivity index (χ1n) is 11.7. The Bertz CT molecular complexity index is 1270. The molecule has 2 aliphatic heterocycles. The number of amidine groups is 1. The summed E-state index contributed by atoms with van der Waals surface area (Å²) in [4.78, 5) is 40.2. The molecule has 9 nitrogen and oxygen atoms in total. The van der Waals surface area contributed by atoms with Crippen LogP contribution in [0.5, 0.6) is 0 Å². The van der Waals surface area contributed by atoms with E-state index in [1.54, 1.807) is 60.7 Å². The number of alkyl halides is 2. The van der Waals surface area contributed by atoms with E-state index < -0.39 is 67.0 Å². The van der Waals surface area contributed by atoms with Crippen LogP contribution in [0.2, 0.25) is 0 Å². The fraction of sp³-hybridized carbons (Fsp3) is 0.259. The maximum Gasteiger partial charge on any atom is 0.334 e. The van der Waals surface area contributed by atoms with Crippen molar-refractivity contribution in [1.29, 1.82) is 5.41 Å². The lowest BCUT2D eigenvalue weighted by Crippen LogP contribution is -2.64. The molecule has 0 aliphatic carbocycles. The van der Waals surface area contributed by atoms with Gasteiger partial charge >= 0.3 is 12.0 Å². The third kappa shape index (κ3) is 5.30. The Hall–Kier alpha value is -4.06. The summed E-state index contributed by atoms with van der Waals surface area (Å²) in [5.74, 6) is -7.92. The topological polar surface area (TPSA) is 131 Å². The highest BCUT2D eigenvalue weighted by atomic mass is 19.3. The number of hydrogen-bond acceptors (Lipinski definition) is 7. The Morgan fingerprint density at radius 1 is 1.03 bits per heavy atom. The number of amides is 3. The molecule has 0 saturated carbocycles. The van der Waals surface area contributed by atoms with Crippen LogP contribution in [0.4, 0.5) is 13.6 Å². The minimum atomic E-state index is -4.02. The van der Waals surface area contributed by atoms with Crippen LogP contribution in [0.3, 0.4) is 0 Å². The number of urea groups is 1. The number of carbonyl (C=O) groups is 3. The van der Waals surface area contributed by atoms with Crippen molar-refractivity contribution in [2.45, 2.75) is 24.4 Å². The molecule has 0 radical (unpaired) electrons. The first-order chi connectivity index (χ1) is 18.1. The lowest BCUT2D eigenvalue weighted by atomic mass is 9.96. The Morgan fingerprint density at radius 2 is 1.58 bits per heavy atom. The number of hydrogen-bond donors (Lipinski definition) is 3. The second kappa shape index (κ2) is 11.1. The molecule has 1 unspecified atom stereocenters. The SMILES string of the molecule is N=C1C(C(=O)C=Cc2ccccc2)CN([C@@H]2O[C@H](CO)[C@@H](O)C2(F)F)C(=O)N1C(=O)C=Cc1ccccc1. The van der Waals surface area contributed by atoms with Gasteiger partial charge in [0.05, 0.1) is 12.5 Å². The van der Waals surface area contributed by atoms with E-state index >= 15 is 0 Å². The first-order valence-corrected chi connectivity index (χ1v) is 11.7. The van der Waals surface area contributed by atoms with E-state index in [1.165, 1.54) is 12.2 Å². The zero-order chi connectivity index (χ0) is 27.4. The summed E-state index contributed by atoms with van der Waals surface area (Å²) in [5, 5.41) is 27.8. The number of aliphatic hydroxyl groups excluding tert-OH is 2. The number of halogens is 2. The summed E-state index contributed by atoms with van der Waals surface area (Å²) < 4.78 is 35.0. The third-order valence-corrected chi connectivity index (χ3v) is 6.25. The van der Waals surface area contributed by atoms with Gasteiger partial charge < -0.3 is 14.9 Å². The first kappa shape index (κ1) is 27.0. The summed E-state index contributed by atoms with van der Waals surface area (Å²) in [5.41, 5.74) is 1.26. The molecule has 3 amide bonds. The molecule has 4 atom stereocenters. The summed E-state index contributed by atoms with van der Waals surface area (Å²) >= 11 is 0. The van der Waals surface area contributed by atoms with Crippen molar-refractivity contribution in [1.82, 2.24) is 9.80 Å². The quantitative estimate of drug-likeness (QED) is 0.477. The van der Waals surface area contributed by atoms with Crippen molar-refractivity contribution in [2.75, 3.05) is 13.2 Å². The van der Waals surface area contributed by atoms with Crippen LogP contribution in [0, 0.1) is 11.3 Å². The van der Waals surface area contributed by atoms with Gasteiger partial charge in [-0.1, -0.05) is 66.7 Å². The van der Waals surface area contributed by atoms with Gasteiger partial charge in [-0.3, -0.25) is 19.9 Å². The molecule has 2 fully saturated rings. The van der Waals surface area contributed by atoms with E-state index in [2.05, 4.69) is 0 Å². The van der Waals surface area contributed by atoms with Gasteiger partial charge in [-0.05, 0) is 23.3 Å². The van der Waals surface area contributed by atoms with Crippen LogP contribution in [-0.2, 0) is 14.3 Å². The van der Waals surface area contributed by atoms with E-state index in [1.807, 2.05) is 0 Å². The van der Waals surface area contributed by atoms with Crippen LogP contribution in [0.25, 0.3) is 12.2 Å². The van der Waals surface area contributed by atoms with Gasteiger partial charge in [0.2, 0.25) is 6.23 Å². The predicted molar refractivity (Wildman–Crippen MR) is 133 cm³/mol. The molecule has 2 heterocycles. The van der Waals surface area contributed by atoms with Gasteiger partial charge in [0.25, 0.3) is 5.91 Å². The average Bonchev–Trinajstić information content (AvgIpc) is 3.15. The average molecular weight is 526 g/mol. The molecule has 0 bridgehead atoms. The molecular formula is C27H25F2N3O6. The van der Waals surface area contributed by atoms with Gasteiger partial charge in [0.1, 0.15) is 11.9 Å². The minimum Gasteiger partial charge on any atom is -0.394 e. The van der Waals surface area contributed by atoms with Crippen molar-refractivity contribution in [2.24, 2.45) is 5.92 Å². The molecule has 4 rings (SSSR count). The number of rotatable bonds is 7. The van der Waals surface area contributed by atoms with Crippen molar-refractivity contribution in [3.8, 4) is 0 Å². The molecule has 2 saturated heterocycles. The van der Waals surface area contributed by atoms with Gasteiger partial charge in [-0.25, -0.2) is 9.69 Å². The number of benzene rings is 2. The number of aliphatic hydroxyl groups is 2. The fourth-order valence-electron chi connectivity index (χ4n) is 4.20. The molecule has 2 aromatic rings. The molecule has 3 N–H and O–H groups in total. The highest BCUT2D eigenvalue weighted by molar-refractivity contribution is 6.23. The molecule has 2 aromatic carbocycles. The molecule has 0 aromatic heterocycles. The third-order valence-electron chi connectivity index (χ3n) is 6.25.